The first-order chi connectivity index (χ1) is 11.5. The monoisotopic (exact) mass is 372 g/mol. The Hall–Kier alpha value is -1.36. The predicted octanol–water partition coefficient (Wildman–Crippen LogP) is 6.54. The summed E-state index contributed by atoms with van der Waals surface area (Å²) in [6.07, 6.45) is 3.27. The standard InChI is InChI=1S/C20H20OS3/c1-5-11-22-18-9-7-16(12-14(18)3)23-17-8-10-19(15(4)13-17)24-20(21)6-2/h5-10,12-13H,1-2,11H2,3-4H3. The fourth-order valence-corrected chi connectivity index (χ4v) is 4.50. The van der Waals surface area contributed by atoms with Gasteiger partial charge in [0.1, 0.15) is 0 Å². The Morgan fingerprint density at radius 3 is 2.08 bits per heavy atom. The lowest BCUT2D eigenvalue weighted by Gasteiger charge is -2.09. The van der Waals surface area contributed by atoms with Gasteiger partial charge < -0.3 is 0 Å². The van der Waals surface area contributed by atoms with Gasteiger partial charge >= 0.3 is 0 Å². The van der Waals surface area contributed by atoms with Crippen molar-refractivity contribution in [2.75, 3.05) is 5.75 Å². The molecule has 0 saturated carbocycles. The third-order valence-corrected chi connectivity index (χ3v) is 6.46. The topological polar surface area (TPSA) is 17.1 Å². The van der Waals surface area contributed by atoms with Gasteiger partial charge in [0.05, 0.1) is 0 Å². The number of benzene rings is 2. The van der Waals surface area contributed by atoms with E-state index < -0.39 is 0 Å². The first-order valence-corrected chi connectivity index (χ1v) is 10.1. The van der Waals surface area contributed by atoms with Crippen molar-refractivity contribution in [1.29, 1.82) is 0 Å². The van der Waals surface area contributed by atoms with Gasteiger partial charge in [0, 0.05) is 25.3 Å². The van der Waals surface area contributed by atoms with Crippen LogP contribution in [0.25, 0.3) is 0 Å². The van der Waals surface area contributed by atoms with Gasteiger partial charge in [-0.3, -0.25) is 4.79 Å². The largest absolute Gasteiger partial charge is 0.282 e. The molecular weight excluding hydrogens is 352 g/mol. The van der Waals surface area contributed by atoms with Crippen LogP contribution in [0.4, 0.5) is 0 Å². The number of carbonyl (C=O) groups is 1. The lowest BCUT2D eigenvalue weighted by Crippen LogP contribution is -1.87. The molecule has 2 rings (SSSR count). The first kappa shape index (κ1) is 19.0. The first-order valence-electron chi connectivity index (χ1n) is 7.50. The van der Waals surface area contributed by atoms with Crippen LogP contribution in [0.2, 0.25) is 0 Å². The van der Waals surface area contributed by atoms with Crippen molar-refractivity contribution in [2.24, 2.45) is 0 Å². The van der Waals surface area contributed by atoms with E-state index in [4.69, 9.17) is 0 Å². The molecule has 2 aromatic rings. The van der Waals surface area contributed by atoms with E-state index >= 15 is 0 Å². The molecule has 0 aliphatic heterocycles. The van der Waals surface area contributed by atoms with Crippen LogP contribution in [-0.2, 0) is 4.79 Å². The molecule has 0 aliphatic carbocycles. The molecular formula is C20H20OS3. The van der Waals surface area contributed by atoms with Gasteiger partial charge in [-0.1, -0.05) is 24.4 Å². The molecule has 0 amide bonds. The van der Waals surface area contributed by atoms with Crippen molar-refractivity contribution < 1.29 is 4.79 Å². The van der Waals surface area contributed by atoms with Crippen LogP contribution in [-0.4, -0.2) is 10.9 Å². The lowest BCUT2D eigenvalue weighted by molar-refractivity contribution is -0.107. The van der Waals surface area contributed by atoms with Crippen molar-refractivity contribution >= 4 is 40.4 Å². The van der Waals surface area contributed by atoms with E-state index in [1.165, 1.54) is 38.1 Å². The summed E-state index contributed by atoms with van der Waals surface area (Å²) in [5.74, 6) is 0.926. The zero-order valence-electron chi connectivity index (χ0n) is 13.9. The summed E-state index contributed by atoms with van der Waals surface area (Å²) in [7, 11) is 0. The SMILES string of the molecule is C=CCSc1ccc(Sc2ccc(SC(=O)C=C)c(C)c2)cc1C. The summed E-state index contributed by atoms with van der Waals surface area (Å²) in [6.45, 7) is 11.4. The molecule has 0 atom stereocenters. The molecule has 0 fully saturated rings. The van der Waals surface area contributed by atoms with E-state index in [-0.39, 0.29) is 5.12 Å². The van der Waals surface area contributed by atoms with E-state index in [2.05, 4.69) is 50.4 Å². The average molecular weight is 373 g/mol. The Labute approximate surface area is 157 Å². The van der Waals surface area contributed by atoms with E-state index in [1.54, 1.807) is 23.5 Å². The second kappa shape index (κ2) is 9.21. The molecule has 0 saturated heterocycles. The Morgan fingerprint density at radius 1 is 1.00 bits per heavy atom. The summed E-state index contributed by atoms with van der Waals surface area (Å²) >= 11 is 4.76. The smallest absolute Gasteiger partial charge is 0.216 e. The van der Waals surface area contributed by atoms with Crippen LogP contribution in [0.3, 0.4) is 0 Å². The zero-order chi connectivity index (χ0) is 17.5. The summed E-state index contributed by atoms with van der Waals surface area (Å²) in [6, 6.07) is 12.7. The summed E-state index contributed by atoms with van der Waals surface area (Å²) in [5, 5.41) is -0.0262. The zero-order valence-corrected chi connectivity index (χ0v) is 16.3. The molecule has 0 radical (unpaired) electrons. The third-order valence-electron chi connectivity index (χ3n) is 3.26. The van der Waals surface area contributed by atoms with Gasteiger partial charge in [-0.15, -0.1) is 18.3 Å². The number of thioether (sulfide) groups is 2. The van der Waals surface area contributed by atoms with Crippen molar-refractivity contribution in [3.05, 3.63) is 72.8 Å². The highest BCUT2D eigenvalue weighted by Crippen LogP contribution is 2.34. The van der Waals surface area contributed by atoms with E-state index in [0.29, 0.717) is 0 Å². The highest BCUT2D eigenvalue weighted by Gasteiger charge is 2.07. The van der Waals surface area contributed by atoms with Gasteiger partial charge in [-0.2, -0.15) is 0 Å². The van der Waals surface area contributed by atoms with Gasteiger partial charge in [0.2, 0.25) is 5.12 Å². The maximum atomic E-state index is 11.5. The van der Waals surface area contributed by atoms with Gasteiger partial charge in [-0.05, 0) is 79.2 Å². The van der Waals surface area contributed by atoms with Crippen molar-refractivity contribution in [3.63, 3.8) is 0 Å². The fourth-order valence-electron chi connectivity index (χ4n) is 2.08. The Bertz CT molecular complexity index is 765. The molecule has 0 unspecified atom stereocenters. The summed E-state index contributed by atoms with van der Waals surface area (Å²) < 4.78 is 0. The molecule has 124 valence electrons. The van der Waals surface area contributed by atoms with E-state index in [9.17, 15) is 4.79 Å². The van der Waals surface area contributed by atoms with Crippen molar-refractivity contribution in [1.82, 2.24) is 0 Å². The Balaban J connectivity index is 2.12. The molecule has 0 heterocycles. The van der Waals surface area contributed by atoms with Crippen LogP contribution in [0, 0.1) is 13.8 Å². The molecule has 1 nitrogen and oxygen atoms in total. The van der Waals surface area contributed by atoms with Crippen LogP contribution in [0.1, 0.15) is 11.1 Å². The number of rotatable bonds is 7. The minimum absolute atomic E-state index is 0.0262. The number of carbonyl (C=O) groups excluding carboxylic acids is 1. The van der Waals surface area contributed by atoms with Crippen molar-refractivity contribution in [3.8, 4) is 0 Å². The molecule has 2 aromatic carbocycles. The van der Waals surface area contributed by atoms with Crippen molar-refractivity contribution in [2.45, 2.75) is 33.4 Å². The van der Waals surface area contributed by atoms with Crippen LogP contribution in [0.5, 0.6) is 0 Å². The van der Waals surface area contributed by atoms with Gasteiger partial charge in [0.25, 0.3) is 0 Å². The molecule has 0 aromatic heterocycles. The highest BCUT2D eigenvalue weighted by molar-refractivity contribution is 8.14. The maximum Gasteiger partial charge on any atom is 0.216 e. The van der Waals surface area contributed by atoms with E-state index in [1.807, 2.05) is 19.1 Å². The molecule has 24 heavy (non-hydrogen) atoms. The molecule has 0 N–H and O–H groups in total. The minimum atomic E-state index is -0.0262. The highest BCUT2D eigenvalue weighted by atomic mass is 32.2. The fraction of sp³-hybridized carbons (Fsp3) is 0.150. The summed E-state index contributed by atoms with van der Waals surface area (Å²) in [5.41, 5.74) is 2.39. The lowest BCUT2D eigenvalue weighted by atomic mass is 10.2. The predicted molar refractivity (Wildman–Crippen MR) is 108 cm³/mol. The number of hydrogen-bond donors (Lipinski definition) is 0. The summed E-state index contributed by atoms with van der Waals surface area (Å²) in [4.78, 5) is 16.2. The van der Waals surface area contributed by atoms with Crippen LogP contribution in [0.15, 0.2) is 81.3 Å². The number of aryl methyl sites for hydroxylation is 2. The second-order valence-electron chi connectivity index (χ2n) is 5.18. The van der Waals surface area contributed by atoms with Crippen LogP contribution >= 0.6 is 35.3 Å². The second-order valence-corrected chi connectivity index (χ2v) is 8.44. The minimum Gasteiger partial charge on any atom is -0.282 e. The molecule has 4 heteroatoms. The maximum absolute atomic E-state index is 11.5. The Kier molecular flexibility index (Phi) is 7.28. The van der Waals surface area contributed by atoms with Gasteiger partial charge in [0.15, 0.2) is 0 Å². The van der Waals surface area contributed by atoms with E-state index in [0.717, 1.165) is 16.2 Å². The number of hydrogen-bond acceptors (Lipinski definition) is 4. The average Bonchev–Trinajstić information content (AvgIpc) is 2.56. The van der Waals surface area contributed by atoms with Gasteiger partial charge in [-0.25, -0.2) is 0 Å². The quantitative estimate of drug-likeness (QED) is 0.312. The third kappa shape index (κ3) is 5.33. The Morgan fingerprint density at radius 2 is 1.58 bits per heavy atom. The molecule has 0 aliphatic rings. The molecule has 0 spiro atoms. The van der Waals surface area contributed by atoms with Crippen LogP contribution < -0.4 is 0 Å². The normalized spacial score (nSPS) is 10.4. The molecule has 0 bridgehead atoms.